The van der Waals surface area contributed by atoms with Crippen LogP contribution in [0.3, 0.4) is 0 Å². The van der Waals surface area contributed by atoms with Crippen LogP contribution in [0.4, 0.5) is 0 Å². The third-order valence-electron chi connectivity index (χ3n) is 5.50. The number of aryl methyl sites for hydroxylation is 1. The van der Waals surface area contributed by atoms with Gasteiger partial charge in [-0.05, 0) is 42.5 Å². The van der Waals surface area contributed by atoms with Crippen LogP contribution < -0.4 is 5.32 Å². The van der Waals surface area contributed by atoms with E-state index in [-0.39, 0.29) is 0 Å². The Morgan fingerprint density at radius 1 is 1.00 bits per heavy atom. The Labute approximate surface area is 177 Å². The van der Waals surface area contributed by atoms with Crippen LogP contribution in [0.15, 0.2) is 42.9 Å². The van der Waals surface area contributed by atoms with Gasteiger partial charge in [-0.2, -0.15) is 10.2 Å². The SMILES string of the molecule is Cc1cc(-c2n[nH]c(-c3ccc([C@H](C)NC(C)C)cc3)c2C(C)C)cn2ncnc12. The second-order valence-corrected chi connectivity index (χ2v) is 8.62. The van der Waals surface area contributed by atoms with Crippen LogP contribution in [0.25, 0.3) is 28.2 Å². The first-order valence-electron chi connectivity index (χ1n) is 10.6. The topological polar surface area (TPSA) is 70.9 Å². The Hall–Kier alpha value is -2.99. The van der Waals surface area contributed by atoms with Gasteiger partial charge in [-0.1, -0.05) is 52.0 Å². The van der Waals surface area contributed by atoms with E-state index in [9.17, 15) is 0 Å². The lowest BCUT2D eigenvalue weighted by Gasteiger charge is -2.17. The first kappa shape index (κ1) is 20.3. The maximum atomic E-state index is 4.71. The number of nitrogens with one attached hydrogen (secondary N) is 2. The van der Waals surface area contributed by atoms with Crippen LogP contribution in [-0.4, -0.2) is 30.8 Å². The summed E-state index contributed by atoms with van der Waals surface area (Å²) in [5, 5.41) is 15.9. The van der Waals surface area contributed by atoms with Gasteiger partial charge in [-0.15, -0.1) is 0 Å². The molecular formula is C24H30N6. The van der Waals surface area contributed by atoms with Gasteiger partial charge >= 0.3 is 0 Å². The zero-order chi connectivity index (χ0) is 21.4. The van der Waals surface area contributed by atoms with Crippen LogP contribution in [0.1, 0.15) is 63.3 Å². The summed E-state index contributed by atoms with van der Waals surface area (Å²) in [6.45, 7) is 13.0. The molecule has 0 amide bonds. The van der Waals surface area contributed by atoms with Gasteiger partial charge in [0.25, 0.3) is 0 Å². The minimum absolute atomic E-state index is 0.318. The predicted molar refractivity (Wildman–Crippen MR) is 122 cm³/mol. The fourth-order valence-electron chi connectivity index (χ4n) is 4.11. The number of aromatic nitrogens is 5. The van der Waals surface area contributed by atoms with Crippen LogP contribution in [-0.2, 0) is 0 Å². The second-order valence-electron chi connectivity index (χ2n) is 8.62. The van der Waals surface area contributed by atoms with Gasteiger partial charge in [0, 0.05) is 29.4 Å². The molecule has 0 saturated carbocycles. The van der Waals surface area contributed by atoms with E-state index in [1.54, 1.807) is 6.33 Å². The van der Waals surface area contributed by atoms with Gasteiger partial charge < -0.3 is 5.32 Å². The maximum Gasteiger partial charge on any atom is 0.158 e. The Balaban J connectivity index is 1.74. The fourth-order valence-corrected chi connectivity index (χ4v) is 4.11. The van der Waals surface area contributed by atoms with Gasteiger partial charge in [0.1, 0.15) is 6.33 Å². The van der Waals surface area contributed by atoms with Crippen LogP contribution in [0, 0.1) is 6.92 Å². The van der Waals surface area contributed by atoms with Crippen LogP contribution in [0.2, 0.25) is 0 Å². The van der Waals surface area contributed by atoms with Crippen molar-refractivity contribution in [1.82, 2.24) is 30.1 Å². The summed E-state index contributed by atoms with van der Waals surface area (Å²) in [5.74, 6) is 0.321. The summed E-state index contributed by atoms with van der Waals surface area (Å²) in [4.78, 5) is 4.32. The van der Waals surface area contributed by atoms with Crippen molar-refractivity contribution in [2.45, 2.75) is 59.5 Å². The molecule has 0 radical (unpaired) electrons. The van der Waals surface area contributed by atoms with Gasteiger partial charge in [0.2, 0.25) is 0 Å². The molecule has 6 nitrogen and oxygen atoms in total. The molecule has 0 saturated heterocycles. The molecule has 0 aliphatic carbocycles. The van der Waals surface area contributed by atoms with Crippen molar-refractivity contribution in [3.05, 3.63) is 59.5 Å². The standard InChI is InChI=1S/C24H30N6/c1-14(2)21-22(19-9-7-18(8-10-19)17(6)27-15(3)4)28-29-23(21)20-11-16(5)24-25-13-26-30(24)12-20/h7-15,17,27H,1-6H3,(H,28,29)/t17-/m0/s1. The van der Waals surface area contributed by atoms with Crippen molar-refractivity contribution in [2.24, 2.45) is 0 Å². The lowest BCUT2D eigenvalue weighted by Crippen LogP contribution is -2.25. The van der Waals surface area contributed by atoms with Gasteiger partial charge in [-0.3, -0.25) is 5.10 Å². The van der Waals surface area contributed by atoms with Crippen molar-refractivity contribution in [1.29, 1.82) is 0 Å². The largest absolute Gasteiger partial charge is 0.308 e. The molecule has 3 aromatic heterocycles. The number of hydrogen-bond donors (Lipinski definition) is 2. The summed E-state index contributed by atoms with van der Waals surface area (Å²) >= 11 is 0. The minimum atomic E-state index is 0.318. The number of benzene rings is 1. The van der Waals surface area contributed by atoms with Crippen molar-refractivity contribution in [2.75, 3.05) is 0 Å². The monoisotopic (exact) mass is 402 g/mol. The Kier molecular flexibility index (Phi) is 5.43. The molecule has 0 aliphatic rings. The Bertz CT molecular complexity index is 1150. The average molecular weight is 403 g/mol. The van der Waals surface area contributed by atoms with Crippen molar-refractivity contribution < 1.29 is 0 Å². The minimum Gasteiger partial charge on any atom is -0.308 e. The van der Waals surface area contributed by atoms with Crippen molar-refractivity contribution in [3.8, 4) is 22.5 Å². The fraction of sp³-hybridized carbons (Fsp3) is 0.375. The maximum absolute atomic E-state index is 4.71. The summed E-state index contributed by atoms with van der Waals surface area (Å²) in [5.41, 5.74) is 8.70. The molecule has 2 N–H and O–H groups in total. The summed E-state index contributed by atoms with van der Waals surface area (Å²) in [7, 11) is 0. The lowest BCUT2D eigenvalue weighted by molar-refractivity contribution is 0.506. The molecule has 3 heterocycles. The normalized spacial score (nSPS) is 12.9. The van der Waals surface area contributed by atoms with E-state index in [0.29, 0.717) is 18.0 Å². The molecule has 1 atom stereocenters. The number of aromatic amines is 1. The Morgan fingerprint density at radius 2 is 1.73 bits per heavy atom. The molecular weight excluding hydrogens is 372 g/mol. The molecule has 0 bridgehead atoms. The zero-order valence-corrected chi connectivity index (χ0v) is 18.6. The van der Waals surface area contributed by atoms with Crippen LogP contribution >= 0.6 is 0 Å². The summed E-state index contributed by atoms with van der Waals surface area (Å²) < 4.78 is 1.82. The van der Waals surface area contributed by atoms with E-state index < -0.39 is 0 Å². The first-order valence-corrected chi connectivity index (χ1v) is 10.6. The molecule has 156 valence electrons. The number of pyridine rings is 1. The van der Waals surface area contributed by atoms with Gasteiger partial charge in [0.15, 0.2) is 5.65 Å². The average Bonchev–Trinajstić information content (AvgIpc) is 3.34. The summed E-state index contributed by atoms with van der Waals surface area (Å²) in [6, 6.07) is 11.7. The van der Waals surface area contributed by atoms with Crippen molar-refractivity contribution in [3.63, 3.8) is 0 Å². The van der Waals surface area contributed by atoms with E-state index in [0.717, 1.165) is 33.7 Å². The molecule has 30 heavy (non-hydrogen) atoms. The Morgan fingerprint density at radius 3 is 2.40 bits per heavy atom. The second kappa shape index (κ2) is 8.03. The third-order valence-corrected chi connectivity index (χ3v) is 5.50. The number of nitrogens with zero attached hydrogens (tertiary/aromatic N) is 4. The smallest absolute Gasteiger partial charge is 0.158 e. The van der Waals surface area contributed by atoms with Gasteiger partial charge in [-0.25, -0.2) is 9.50 Å². The molecule has 1 aromatic carbocycles. The molecule has 0 spiro atoms. The number of H-pyrrole nitrogens is 1. The van der Waals surface area contributed by atoms with E-state index in [4.69, 9.17) is 5.10 Å². The number of fused-ring (bicyclic) bond motifs is 1. The molecule has 6 heteroatoms. The van der Waals surface area contributed by atoms with Crippen LogP contribution in [0.5, 0.6) is 0 Å². The lowest BCUT2D eigenvalue weighted by atomic mass is 9.93. The van der Waals surface area contributed by atoms with E-state index in [1.165, 1.54) is 11.1 Å². The highest BCUT2D eigenvalue weighted by Gasteiger charge is 2.20. The highest BCUT2D eigenvalue weighted by atomic mass is 15.3. The molecule has 0 fully saturated rings. The third kappa shape index (κ3) is 3.75. The highest BCUT2D eigenvalue weighted by molar-refractivity contribution is 5.75. The van der Waals surface area contributed by atoms with Crippen molar-refractivity contribution >= 4 is 5.65 Å². The quantitative estimate of drug-likeness (QED) is 0.460. The highest BCUT2D eigenvalue weighted by Crippen LogP contribution is 2.36. The van der Waals surface area contributed by atoms with E-state index in [1.807, 2.05) is 10.7 Å². The molecule has 0 aliphatic heterocycles. The molecule has 4 aromatic rings. The van der Waals surface area contributed by atoms with E-state index in [2.05, 4.69) is 92.4 Å². The predicted octanol–water partition coefficient (Wildman–Crippen LogP) is 5.28. The molecule has 4 rings (SSSR count). The number of hydrogen-bond acceptors (Lipinski definition) is 4. The number of rotatable bonds is 6. The molecule has 0 unspecified atom stereocenters. The van der Waals surface area contributed by atoms with Gasteiger partial charge in [0.05, 0.1) is 11.4 Å². The first-order chi connectivity index (χ1) is 14.3. The summed E-state index contributed by atoms with van der Waals surface area (Å²) in [6.07, 6.45) is 3.59. The van der Waals surface area contributed by atoms with E-state index >= 15 is 0 Å². The zero-order valence-electron chi connectivity index (χ0n) is 18.6.